The Kier molecular flexibility index (Phi) is 3.14. The van der Waals surface area contributed by atoms with Gasteiger partial charge in [0, 0.05) is 12.1 Å². The molecule has 0 aliphatic carbocycles. The Balaban J connectivity index is 3.20. The minimum atomic E-state index is 0.493. The van der Waals surface area contributed by atoms with Crippen LogP contribution >= 0.6 is 0 Å². The van der Waals surface area contributed by atoms with Gasteiger partial charge in [0.1, 0.15) is 11.5 Å². The van der Waals surface area contributed by atoms with Crippen LogP contribution in [0.15, 0.2) is 12.1 Å². The van der Waals surface area contributed by atoms with Crippen LogP contribution in [0.4, 0.5) is 0 Å². The highest BCUT2D eigenvalue weighted by molar-refractivity contribution is 5.47. The van der Waals surface area contributed by atoms with Crippen LogP contribution in [0.2, 0.25) is 0 Å². The maximum absolute atomic E-state index is 5.54. The molecule has 13 heavy (non-hydrogen) atoms. The van der Waals surface area contributed by atoms with Crippen molar-refractivity contribution >= 4 is 0 Å². The summed E-state index contributed by atoms with van der Waals surface area (Å²) >= 11 is 0. The van der Waals surface area contributed by atoms with E-state index in [1.807, 2.05) is 19.1 Å². The molecule has 0 bridgehead atoms. The van der Waals surface area contributed by atoms with Gasteiger partial charge in [-0.05, 0) is 24.6 Å². The van der Waals surface area contributed by atoms with Gasteiger partial charge in [-0.1, -0.05) is 0 Å². The summed E-state index contributed by atoms with van der Waals surface area (Å²) in [6.07, 6.45) is 0. The molecule has 0 spiro atoms. The standard InChI is InChI=1S/C10H15NO2/c1-7-9(12-2)4-8(6-11)5-10(7)13-3/h4-5H,6,11H2,1-3H3. The minimum absolute atomic E-state index is 0.493. The van der Waals surface area contributed by atoms with E-state index in [9.17, 15) is 0 Å². The lowest BCUT2D eigenvalue weighted by Crippen LogP contribution is -2.00. The van der Waals surface area contributed by atoms with Crippen LogP contribution in [0.1, 0.15) is 11.1 Å². The van der Waals surface area contributed by atoms with Gasteiger partial charge >= 0.3 is 0 Å². The van der Waals surface area contributed by atoms with Crippen molar-refractivity contribution in [2.45, 2.75) is 13.5 Å². The maximum atomic E-state index is 5.54. The number of benzene rings is 1. The van der Waals surface area contributed by atoms with Crippen molar-refractivity contribution in [3.05, 3.63) is 23.3 Å². The zero-order valence-corrected chi connectivity index (χ0v) is 8.26. The van der Waals surface area contributed by atoms with Crippen molar-refractivity contribution in [1.29, 1.82) is 0 Å². The zero-order chi connectivity index (χ0) is 9.84. The first-order valence-electron chi connectivity index (χ1n) is 4.14. The molecule has 0 aliphatic heterocycles. The number of rotatable bonds is 3. The van der Waals surface area contributed by atoms with Gasteiger partial charge in [0.2, 0.25) is 0 Å². The van der Waals surface area contributed by atoms with Crippen LogP contribution in [0, 0.1) is 6.92 Å². The van der Waals surface area contributed by atoms with Crippen molar-refractivity contribution in [3.8, 4) is 11.5 Å². The number of ether oxygens (including phenoxy) is 2. The van der Waals surface area contributed by atoms with Gasteiger partial charge in [-0.15, -0.1) is 0 Å². The fourth-order valence-electron chi connectivity index (χ4n) is 1.26. The summed E-state index contributed by atoms with van der Waals surface area (Å²) in [4.78, 5) is 0. The summed E-state index contributed by atoms with van der Waals surface area (Å²) < 4.78 is 10.4. The fraction of sp³-hybridized carbons (Fsp3) is 0.400. The lowest BCUT2D eigenvalue weighted by molar-refractivity contribution is 0.388. The average Bonchev–Trinajstić information content (AvgIpc) is 2.18. The van der Waals surface area contributed by atoms with E-state index in [2.05, 4.69) is 0 Å². The molecule has 0 aliphatic rings. The van der Waals surface area contributed by atoms with E-state index in [0.29, 0.717) is 6.54 Å². The molecule has 1 aromatic carbocycles. The van der Waals surface area contributed by atoms with Crippen LogP contribution in [0.25, 0.3) is 0 Å². The number of hydrogen-bond acceptors (Lipinski definition) is 3. The molecule has 3 nitrogen and oxygen atoms in total. The average molecular weight is 181 g/mol. The number of hydrogen-bond donors (Lipinski definition) is 1. The smallest absolute Gasteiger partial charge is 0.125 e. The van der Waals surface area contributed by atoms with E-state index in [1.54, 1.807) is 14.2 Å². The Labute approximate surface area is 78.5 Å². The molecule has 0 aromatic heterocycles. The molecule has 0 heterocycles. The second kappa shape index (κ2) is 4.14. The predicted molar refractivity (Wildman–Crippen MR) is 52.2 cm³/mol. The van der Waals surface area contributed by atoms with Crippen molar-refractivity contribution in [2.75, 3.05) is 14.2 Å². The third-order valence-corrected chi connectivity index (χ3v) is 2.05. The molecular formula is C10H15NO2. The summed E-state index contributed by atoms with van der Waals surface area (Å²) in [5, 5.41) is 0. The number of nitrogens with two attached hydrogens (primary N) is 1. The van der Waals surface area contributed by atoms with Crippen LogP contribution in [0.5, 0.6) is 11.5 Å². The Hall–Kier alpha value is -1.22. The van der Waals surface area contributed by atoms with E-state index < -0.39 is 0 Å². The van der Waals surface area contributed by atoms with Crippen molar-refractivity contribution in [3.63, 3.8) is 0 Å². The van der Waals surface area contributed by atoms with Crippen molar-refractivity contribution in [1.82, 2.24) is 0 Å². The molecule has 3 heteroatoms. The lowest BCUT2D eigenvalue weighted by atomic mass is 10.1. The monoisotopic (exact) mass is 181 g/mol. The Morgan fingerprint density at radius 3 is 1.92 bits per heavy atom. The molecule has 0 atom stereocenters. The topological polar surface area (TPSA) is 44.5 Å². The van der Waals surface area contributed by atoms with E-state index in [1.165, 1.54) is 0 Å². The lowest BCUT2D eigenvalue weighted by Gasteiger charge is -2.11. The van der Waals surface area contributed by atoms with Crippen LogP contribution in [-0.2, 0) is 6.54 Å². The molecule has 0 saturated heterocycles. The summed E-state index contributed by atoms with van der Waals surface area (Å²) in [6, 6.07) is 3.86. The Morgan fingerprint density at radius 2 is 1.62 bits per heavy atom. The number of methoxy groups -OCH3 is 2. The summed E-state index contributed by atoms with van der Waals surface area (Å²) in [7, 11) is 3.28. The predicted octanol–water partition coefficient (Wildman–Crippen LogP) is 1.47. The van der Waals surface area contributed by atoms with E-state index >= 15 is 0 Å². The first kappa shape index (κ1) is 9.86. The van der Waals surface area contributed by atoms with Crippen LogP contribution < -0.4 is 15.2 Å². The van der Waals surface area contributed by atoms with Crippen molar-refractivity contribution < 1.29 is 9.47 Å². The highest BCUT2D eigenvalue weighted by atomic mass is 16.5. The minimum Gasteiger partial charge on any atom is -0.496 e. The third-order valence-electron chi connectivity index (χ3n) is 2.05. The molecule has 0 radical (unpaired) electrons. The maximum Gasteiger partial charge on any atom is 0.125 e. The van der Waals surface area contributed by atoms with E-state index in [-0.39, 0.29) is 0 Å². The first-order valence-corrected chi connectivity index (χ1v) is 4.14. The summed E-state index contributed by atoms with van der Waals surface area (Å²) in [6.45, 7) is 2.45. The molecular weight excluding hydrogens is 166 g/mol. The molecule has 1 rings (SSSR count). The molecule has 0 saturated carbocycles. The van der Waals surface area contributed by atoms with Gasteiger partial charge < -0.3 is 15.2 Å². The Bertz CT molecular complexity index is 272. The second-order valence-corrected chi connectivity index (χ2v) is 2.83. The van der Waals surface area contributed by atoms with Crippen LogP contribution in [-0.4, -0.2) is 14.2 Å². The first-order chi connectivity index (χ1) is 6.22. The third kappa shape index (κ3) is 1.92. The van der Waals surface area contributed by atoms with Gasteiger partial charge in [-0.3, -0.25) is 0 Å². The fourth-order valence-corrected chi connectivity index (χ4v) is 1.26. The van der Waals surface area contributed by atoms with Gasteiger partial charge in [0.05, 0.1) is 14.2 Å². The summed E-state index contributed by atoms with van der Waals surface area (Å²) in [5.41, 5.74) is 7.55. The van der Waals surface area contributed by atoms with Crippen molar-refractivity contribution in [2.24, 2.45) is 5.73 Å². The van der Waals surface area contributed by atoms with Crippen LogP contribution in [0.3, 0.4) is 0 Å². The normalized spacial score (nSPS) is 9.85. The molecule has 72 valence electrons. The molecule has 0 unspecified atom stereocenters. The van der Waals surface area contributed by atoms with E-state index in [4.69, 9.17) is 15.2 Å². The highest BCUT2D eigenvalue weighted by Crippen LogP contribution is 2.28. The molecule has 2 N–H and O–H groups in total. The summed E-state index contributed by atoms with van der Waals surface area (Å²) in [5.74, 6) is 1.64. The molecule has 0 fully saturated rings. The quantitative estimate of drug-likeness (QED) is 0.768. The van der Waals surface area contributed by atoms with Gasteiger partial charge in [0.25, 0.3) is 0 Å². The van der Waals surface area contributed by atoms with Gasteiger partial charge in [-0.2, -0.15) is 0 Å². The van der Waals surface area contributed by atoms with Gasteiger partial charge in [0.15, 0.2) is 0 Å². The largest absolute Gasteiger partial charge is 0.496 e. The zero-order valence-electron chi connectivity index (χ0n) is 8.26. The Morgan fingerprint density at radius 1 is 1.15 bits per heavy atom. The molecule has 0 amide bonds. The second-order valence-electron chi connectivity index (χ2n) is 2.83. The van der Waals surface area contributed by atoms with Gasteiger partial charge in [-0.25, -0.2) is 0 Å². The van der Waals surface area contributed by atoms with E-state index in [0.717, 1.165) is 22.6 Å². The molecule has 1 aromatic rings. The highest BCUT2D eigenvalue weighted by Gasteiger charge is 2.06. The SMILES string of the molecule is COc1cc(CN)cc(OC)c1C.